The SMILES string of the molecule is CC(C)CCNC(Cc1ccncc1)C(=O)NC(Cc1ccc(NCc2ccccc2)cc1)C(=O)NC(C)(C)C. The minimum Gasteiger partial charge on any atom is -0.381 e. The second-order valence-electron chi connectivity index (χ2n) is 11.8. The lowest BCUT2D eigenvalue weighted by Crippen LogP contribution is -2.56. The molecule has 0 aliphatic heterocycles. The highest BCUT2D eigenvalue weighted by Crippen LogP contribution is 2.14. The summed E-state index contributed by atoms with van der Waals surface area (Å²) in [6.07, 6.45) is 5.33. The Bertz CT molecular complexity index is 1170. The quantitative estimate of drug-likeness (QED) is 0.232. The minimum absolute atomic E-state index is 0.184. The summed E-state index contributed by atoms with van der Waals surface area (Å²) in [7, 11) is 0. The summed E-state index contributed by atoms with van der Waals surface area (Å²) in [5, 5.41) is 13.0. The highest BCUT2D eigenvalue weighted by Gasteiger charge is 2.28. The third kappa shape index (κ3) is 11.2. The van der Waals surface area contributed by atoms with Gasteiger partial charge in [0.15, 0.2) is 0 Å². The van der Waals surface area contributed by atoms with Gasteiger partial charge in [0.25, 0.3) is 0 Å². The molecule has 0 bridgehead atoms. The van der Waals surface area contributed by atoms with Crippen molar-refractivity contribution in [2.45, 2.75) is 78.0 Å². The molecule has 7 nitrogen and oxygen atoms in total. The molecule has 0 fully saturated rings. The van der Waals surface area contributed by atoms with Crippen molar-refractivity contribution >= 4 is 17.5 Å². The zero-order chi connectivity index (χ0) is 29.0. The fourth-order valence-electron chi connectivity index (χ4n) is 4.29. The van der Waals surface area contributed by atoms with Gasteiger partial charge in [-0.3, -0.25) is 14.6 Å². The van der Waals surface area contributed by atoms with Gasteiger partial charge in [0.05, 0.1) is 6.04 Å². The third-order valence-electron chi connectivity index (χ3n) is 6.48. The number of hydrogen-bond donors (Lipinski definition) is 4. The maximum Gasteiger partial charge on any atom is 0.243 e. The van der Waals surface area contributed by atoms with Gasteiger partial charge in [-0.1, -0.05) is 56.3 Å². The van der Waals surface area contributed by atoms with Crippen LogP contribution < -0.4 is 21.3 Å². The van der Waals surface area contributed by atoms with Crippen LogP contribution in [0.4, 0.5) is 5.69 Å². The van der Waals surface area contributed by atoms with Crippen molar-refractivity contribution in [2.24, 2.45) is 5.92 Å². The van der Waals surface area contributed by atoms with E-state index < -0.39 is 17.6 Å². The smallest absolute Gasteiger partial charge is 0.243 e. The Balaban J connectivity index is 1.71. The molecule has 3 aromatic rings. The number of rotatable bonds is 14. The summed E-state index contributed by atoms with van der Waals surface area (Å²) in [6, 6.07) is 20.9. The molecule has 4 N–H and O–H groups in total. The van der Waals surface area contributed by atoms with Crippen LogP contribution in [0.5, 0.6) is 0 Å². The van der Waals surface area contributed by atoms with Crippen molar-refractivity contribution < 1.29 is 9.59 Å². The molecule has 1 aromatic heterocycles. The summed E-state index contributed by atoms with van der Waals surface area (Å²) < 4.78 is 0. The van der Waals surface area contributed by atoms with Crippen LogP contribution in [-0.4, -0.2) is 41.0 Å². The Morgan fingerprint density at radius 2 is 1.40 bits per heavy atom. The highest BCUT2D eigenvalue weighted by molar-refractivity contribution is 5.90. The Kier molecular flexibility index (Phi) is 11.7. The number of aromatic nitrogens is 1. The molecule has 214 valence electrons. The first-order valence-corrected chi connectivity index (χ1v) is 14.2. The standard InChI is InChI=1S/C33H45N5O2/c1-24(2)15-20-35-29(21-26-16-18-34-19-17-26)31(39)37-30(32(40)38-33(3,4)5)22-25-11-13-28(14-12-25)36-23-27-9-7-6-8-10-27/h6-14,16-19,24,29-30,35-36H,15,20-23H2,1-5H3,(H,37,39)(H,38,40). The Morgan fingerprint density at radius 1 is 0.775 bits per heavy atom. The maximum atomic E-state index is 13.6. The predicted octanol–water partition coefficient (Wildman–Crippen LogP) is 4.88. The van der Waals surface area contributed by atoms with E-state index in [0.29, 0.717) is 18.8 Å². The largest absolute Gasteiger partial charge is 0.381 e. The average Bonchev–Trinajstić information content (AvgIpc) is 2.91. The zero-order valence-corrected chi connectivity index (χ0v) is 24.5. The van der Waals surface area contributed by atoms with Gasteiger partial charge in [-0.25, -0.2) is 0 Å². The number of carbonyl (C=O) groups excluding carboxylic acids is 2. The van der Waals surface area contributed by atoms with Crippen molar-refractivity contribution in [2.75, 3.05) is 11.9 Å². The topological polar surface area (TPSA) is 95.2 Å². The van der Waals surface area contributed by atoms with Crippen molar-refractivity contribution in [3.63, 3.8) is 0 Å². The highest BCUT2D eigenvalue weighted by atomic mass is 16.2. The molecular weight excluding hydrogens is 498 g/mol. The average molecular weight is 544 g/mol. The molecule has 3 rings (SSSR count). The summed E-state index contributed by atoms with van der Waals surface area (Å²) in [5.41, 5.74) is 3.77. The number of hydrogen-bond acceptors (Lipinski definition) is 5. The van der Waals surface area contributed by atoms with Crippen LogP contribution in [-0.2, 0) is 29.0 Å². The number of benzene rings is 2. The molecule has 0 radical (unpaired) electrons. The van der Waals surface area contributed by atoms with Gasteiger partial charge < -0.3 is 21.3 Å². The van der Waals surface area contributed by atoms with E-state index in [2.05, 4.69) is 52.2 Å². The van der Waals surface area contributed by atoms with E-state index in [1.807, 2.05) is 75.4 Å². The van der Waals surface area contributed by atoms with Crippen LogP contribution in [0.3, 0.4) is 0 Å². The lowest BCUT2D eigenvalue weighted by molar-refractivity contribution is -0.130. The Hall–Kier alpha value is -3.71. The van der Waals surface area contributed by atoms with Crippen LogP contribution in [0.1, 0.15) is 57.7 Å². The lowest BCUT2D eigenvalue weighted by Gasteiger charge is -2.27. The summed E-state index contributed by atoms with van der Waals surface area (Å²) >= 11 is 0. The van der Waals surface area contributed by atoms with E-state index in [1.165, 1.54) is 5.56 Å². The molecule has 2 aromatic carbocycles. The number of anilines is 1. The Morgan fingerprint density at radius 3 is 2.02 bits per heavy atom. The van der Waals surface area contributed by atoms with Gasteiger partial charge in [-0.2, -0.15) is 0 Å². The van der Waals surface area contributed by atoms with Crippen molar-refractivity contribution in [3.05, 3.63) is 95.8 Å². The number of amides is 2. The number of nitrogens with one attached hydrogen (secondary N) is 4. The normalized spacial score (nSPS) is 12.9. The first kappa shape index (κ1) is 30.8. The molecule has 2 atom stereocenters. The minimum atomic E-state index is -0.707. The molecule has 40 heavy (non-hydrogen) atoms. The number of nitrogens with zero attached hydrogens (tertiary/aromatic N) is 1. The molecular formula is C33H45N5O2. The predicted molar refractivity (Wildman–Crippen MR) is 163 cm³/mol. The number of pyridine rings is 1. The van der Waals surface area contributed by atoms with Gasteiger partial charge >= 0.3 is 0 Å². The number of carbonyl (C=O) groups is 2. The van der Waals surface area contributed by atoms with Crippen LogP contribution in [0.15, 0.2) is 79.1 Å². The van der Waals surface area contributed by atoms with Gasteiger partial charge in [0.2, 0.25) is 11.8 Å². The monoisotopic (exact) mass is 543 g/mol. The molecule has 7 heteroatoms. The fourth-order valence-corrected chi connectivity index (χ4v) is 4.29. The molecule has 0 aliphatic carbocycles. The van der Waals surface area contributed by atoms with Crippen LogP contribution >= 0.6 is 0 Å². The van der Waals surface area contributed by atoms with E-state index in [0.717, 1.165) is 36.3 Å². The van der Waals surface area contributed by atoms with Gasteiger partial charge in [-0.05, 0) is 87.0 Å². The molecule has 1 heterocycles. The van der Waals surface area contributed by atoms with Crippen molar-refractivity contribution in [3.8, 4) is 0 Å². The molecule has 0 saturated heterocycles. The van der Waals surface area contributed by atoms with E-state index in [4.69, 9.17) is 0 Å². The van der Waals surface area contributed by atoms with Crippen LogP contribution in [0.2, 0.25) is 0 Å². The molecule has 0 spiro atoms. The first-order valence-electron chi connectivity index (χ1n) is 14.2. The third-order valence-corrected chi connectivity index (χ3v) is 6.48. The fraction of sp³-hybridized carbons (Fsp3) is 0.424. The summed E-state index contributed by atoms with van der Waals surface area (Å²) in [4.78, 5) is 31.0. The molecule has 0 saturated carbocycles. The second-order valence-corrected chi connectivity index (χ2v) is 11.8. The molecule has 2 unspecified atom stereocenters. The van der Waals surface area contributed by atoms with E-state index in [9.17, 15) is 9.59 Å². The van der Waals surface area contributed by atoms with E-state index in [-0.39, 0.29) is 11.8 Å². The zero-order valence-electron chi connectivity index (χ0n) is 24.5. The second kappa shape index (κ2) is 15.2. The van der Waals surface area contributed by atoms with Crippen molar-refractivity contribution in [1.29, 1.82) is 0 Å². The van der Waals surface area contributed by atoms with E-state index in [1.54, 1.807) is 12.4 Å². The van der Waals surface area contributed by atoms with Gasteiger partial charge in [0.1, 0.15) is 6.04 Å². The summed E-state index contributed by atoms with van der Waals surface area (Å²) in [5.74, 6) is 0.139. The lowest BCUT2D eigenvalue weighted by atomic mass is 10.0. The van der Waals surface area contributed by atoms with Gasteiger partial charge in [0, 0.05) is 36.6 Å². The molecule has 2 amide bonds. The van der Waals surface area contributed by atoms with E-state index >= 15 is 0 Å². The van der Waals surface area contributed by atoms with Crippen molar-refractivity contribution in [1.82, 2.24) is 20.9 Å². The van der Waals surface area contributed by atoms with Crippen LogP contribution in [0, 0.1) is 5.92 Å². The maximum absolute atomic E-state index is 13.6. The van der Waals surface area contributed by atoms with Crippen LogP contribution in [0.25, 0.3) is 0 Å². The first-order chi connectivity index (χ1) is 19.1. The van der Waals surface area contributed by atoms with Gasteiger partial charge in [-0.15, -0.1) is 0 Å². The molecule has 0 aliphatic rings. The summed E-state index contributed by atoms with van der Waals surface area (Å²) in [6.45, 7) is 11.6. The Labute approximate surface area is 239 Å².